The molecule has 0 aliphatic heterocycles. The zero-order valence-corrected chi connectivity index (χ0v) is 7.53. The number of methoxy groups -OCH3 is 1. The van der Waals surface area contributed by atoms with Crippen LogP contribution in [-0.2, 0) is 9.47 Å². The normalized spacial score (nSPS) is 22.9. The van der Waals surface area contributed by atoms with E-state index in [9.17, 15) is 0 Å². The standard InChI is InChI=1S/C10H16O2/c1-11-8-5-9-12-10-6-3-2-4-7-10/h2-3,6-7,10H,4-5,8-9H2,1H3. The Morgan fingerprint density at radius 1 is 1.42 bits per heavy atom. The van der Waals surface area contributed by atoms with Gasteiger partial charge in [0.05, 0.1) is 6.10 Å². The number of hydrogen-bond acceptors (Lipinski definition) is 2. The average Bonchev–Trinajstić information content (AvgIpc) is 2.14. The first-order chi connectivity index (χ1) is 5.93. The summed E-state index contributed by atoms with van der Waals surface area (Å²) in [6.07, 6.45) is 10.6. The van der Waals surface area contributed by atoms with Gasteiger partial charge in [0.25, 0.3) is 0 Å². The maximum Gasteiger partial charge on any atom is 0.0788 e. The van der Waals surface area contributed by atoms with Crippen molar-refractivity contribution in [3.05, 3.63) is 25.0 Å². The maximum absolute atomic E-state index is 5.54. The molecule has 1 aliphatic carbocycles. The van der Waals surface area contributed by atoms with E-state index in [1.165, 1.54) is 0 Å². The van der Waals surface area contributed by atoms with Crippen LogP contribution in [0.25, 0.3) is 0 Å². The van der Waals surface area contributed by atoms with Crippen LogP contribution < -0.4 is 0 Å². The molecule has 1 rings (SSSR count). The topological polar surface area (TPSA) is 18.5 Å². The number of ether oxygens (including phenoxy) is 2. The third-order valence-electron chi connectivity index (χ3n) is 1.74. The molecule has 0 spiro atoms. The Morgan fingerprint density at radius 2 is 2.33 bits per heavy atom. The lowest BCUT2D eigenvalue weighted by Gasteiger charge is -2.16. The average molecular weight is 168 g/mol. The van der Waals surface area contributed by atoms with E-state index in [2.05, 4.69) is 25.0 Å². The molecule has 0 saturated carbocycles. The number of rotatable bonds is 5. The van der Waals surface area contributed by atoms with Crippen LogP contribution in [0.1, 0.15) is 12.8 Å². The second-order valence-corrected chi connectivity index (χ2v) is 2.77. The first-order valence-corrected chi connectivity index (χ1v) is 4.37. The largest absolute Gasteiger partial charge is 0.385 e. The summed E-state index contributed by atoms with van der Waals surface area (Å²) in [5, 5.41) is 0. The highest BCUT2D eigenvalue weighted by Gasteiger charge is 2.07. The fourth-order valence-electron chi connectivity index (χ4n) is 1.10. The van der Waals surface area contributed by atoms with E-state index >= 15 is 0 Å². The lowest BCUT2D eigenvalue weighted by molar-refractivity contribution is 0.0798. The predicted molar refractivity (Wildman–Crippen MR) is 48.6 cm³/mol. The molecule has 0 aromatic carbocycles. The summed E-state index contributed by atoms with van der Waals surface area (Å²) in [6, 6.07) is 0. The zero-order valence-electron chi connectivity index (χ0n) is 7.53. The Labute approximate surface area is 74.6 Å². The highest BCUT2D eigenvalue weighted by atomic mass is 16.5. The van der Waals surface area contributed by atoms with Crippen LogP contribution in [0, 0.1) is 12.8 Å². The van der Waals surface area contributed by atoms with E-state index in [4.69, 9.17) is 9.47 Å². The Morgan fingerprint density at radius 3 is 3.00 bits per heavy atom. The molecule has 0 aromatic rings. The number of hydrogen-bond donors (Lipinski definition) is 0. The van der Waals surface area contributed by atoms with Crippen LogP contribution in [0.15, 0.2) is 12.2 Å². The Hall–Kier alpha value is -0.340. The molecule has 0 aromatic heterocycles. The van der Waals surface area contributed by atoms with Crippen LogP contribution in [0.5, 0.6) is 0 Å². The summed E-state index contributed by atoms with van der Waals surface area (Å²) in [5.41, 5.74) is 0. The minimum atomic E-state index is 0.215. The van der Waals surface area contributed by atoms with E-state index in [0.717, 1.165) is 26.1 Å². The minimum absolute atomic E-state index is 0.215. The molecule has 1 atom stereocenters. The van der Waals surface area contributed by atoms with Crippen molar-refractivity contribution in [3.63, 3.8) is 0 Å². The summed E-state index contributed by atoms with van der Waals surface area (Å²) < 4.78 is 10.5. The quantitative estimate of drug-likeness (QED) is 0.582. The summed E-state index contributed by atoms with van der Waals surface area (Å²) in [4.78, 5) is 0. The lowest BCUT2D eigenvalue weighted by atomic mass is 10.1. The van der Waals surface area contributed by atoms with E-state index in [-0.39, 0.29) is 6.10 Å². The third kappa shape index (κ3) is 3.88. The molecule has 1 aliphatic rings. The van der Waals surface area contributed by atoms with Gasteiger partial charge in [0.2, 0.25) is 0 Å². The molecule has 0 N–H and O–H groups in total. The van der Waals surface area contributed by atoms with Gasteiger partial charge < -0.3 is 9.47 Å². The highest BCUT2D eigenvalue weighted by molar-refractivity contribution is 5.11. The number of allylic oxidation sites excluding steroid dienone is 1. The fourth-order valence-corrected chi connectivity index (χ4v) is 1.10. The van der Waals surface area contributed by atoms with Gasteiger partial charge in [-0.3, -0.25) is 0 Å². The van der Waals surface area contributed by atoms with E-state index in [0.29, 0.717) is 0 Å². The molecule has 0 bridgehead atoms. The minimum Gasteiger partial charge on any atom is -0.385 e. The third-order valence-corrected chi connectivity index (χ3v) is 1.74. The highest BCUT2D eigenvalue weighted by Crippen LogP contribution is 2.11. The Balaban J connectivity index is 1.98. The van der Waals surface area contributed by atoms with Gasteiger partial charge in [-0.05, 0) is 25.7 Å². The van der Waals surface area contributed by atoms with Gasteiger partial charge in [0, 0.05) is 20.3 Å². The van der Waals surface area contributed by atoms with Gasteiger partial charge in [0.1, 0.15) is 0 Å². The van der Waals surface area contributed by atoms with Crippen molar-refractivity contribution in [2.75, 3.05) is 20.3 Å². The van der Waals surface area contributed by atoms with Crippen molar-refractivity contribution >= 4 is 0 Å². The van der Waals surface area contributed by atoms with Crippen molar-refractivity contribution in [2.45, 2.75) is 18.9 Å². The molecule has 68 valence electrons. The predicted octanol–water partition coefficient (Wildman–Crippen LogP) is 1.78. The lowest BCUT2D eigenvalue weighted by Crippen LogP contribution is -2.14. The monoisotopic (exact) mass is 168 g/mol. The van der Waals surface area contributed by atoms with Gasteiger partial charge in [-0.25, -0.2) is 0 Å². The van der Waals surface area contributed by atoms with E-state index < -0.39 is 0 Å². The molecule has 0 amide bonds. The van der Waals surface area contributed by atoms with Gasteiger partial charge in [-0.15, -0.1) is 0 Å². The van der Waals surface area contributed by atoms with Crippen LogP contribution in [0.2, 0.25) is 0 Å². The summed E-state index contributed by atoms with van der Waals surface area (Å²) in [6.45, 7) is 1.56. The summed E-state index contributed by atoms with van der Waals surface area (Å²) >= 11 is 0. The van der Waals surface area contributed by atoms with E-state index in [1.807, 2.05) is 0 Å². The second kappa shape index (κ2) is 6.21. The molecule has 0 saturated heterocycles. The molecule has 0 heterocycles. The molecule has 0 fully saturated rings. The van der Waals surface area contributed by atoms with Gasteiger partial charge in [0.15, 0.2) is 0 Å². The SMILES string of the molecule is COCCCOC1[CH]C[CH]C=C1. The van der Waals surface area contributed by atoms with Crippen LogP contribution in [-0.4, -0.2) is 26.4 Å². The van der Waals surface area contributed by atoms with Crippen molar-refractivity contribution in [2.24, 2.45) is 0 Å². The van der Waals surface area contributed by atoms with Crippen molar-refractivity contribution in [1.82, 2.24) is 0 Å². The van der Waals surface area contributed by atoms with Gasteiger partial charge in [-0.2, -0.15) is 0 Å². The van der Waals surface area contributed by atoms with Gasteiger partial charge >= 0.3 is 0 Å². The molecule has 2 heteroatoms. The first kappa shape index (κ1) is 9.75. The molecular formula is C10H16O2. The van der Waals surface area contributed by atoms with Gasteiger partial charge in [-0.1, -0.05) is 12.2 Å². The van der Waals surface area contributed by atoms with Crippen molar-refractivity contribution in [1.29, 1.82) is 0 Å². The zero-order chi connectivity index (χ0) is 8.65. The Kier molecular flexibility index (Phi) is 5.04. The molecule has 2 nitrogen and oxygen atoms in total. The molecule has 12 heavy (non-hydrogen) atoms. The molecule has 2 radical (unpaired) electrons. The van der Waals surface area contributed by atoms with Crippen LogP contribution >= 0.6 is 0 Å². The van der Waals surface area contributed by atoms with Crippen molar-refractivity contribution < 1.29 is 9.47 Å². The second-order valence-electron chi connectivity index (χ2n) is 2.77. The van der Waals surface area contributed by atoms with Crippen LogP contribution in [0.4, 0.5) is 0 Å². The van der Waals surface area contributed by atoms with E-state index in [1.54, 1.807) is 7.11 Å². The summed E-state index contributed by atoms with van der Waals surface area (Å²) in [7, 11) is 1.71. The van der Waals surface area contributed by atoms with Crippen LogP contribution in [0.3, 0.4) is 0 Å². The smallest absolute Gasteiger partial charge is 0.0788 e. The maximum atomic E-state index is 5.54. The Bertz CT molecular complexity index is 132. The molecule has 1 unspecified atom stereocenters. The molecular weight excluding hydrogens is 152 g/mol. The fraction of sp³-hybridized carbons (Fsp3) is 0.600. The van der Waals surface area contributed by atoms with Crippen molar-refractivity contribution in [3.8, 4) is 0 Å². The summed E-state index contributed by atoms with van der Waals surface area (Å²) in [5.74, 6) is 0. The first-order valence-electron chi connectivity index (χ1n) is 4.37.